The number of ether oxygens (including phenoxy) is 1. The summed E-state index contributed by atoms with van der Waals surface area (Å²) < 4.78 is 5.52. The van der Waals surface area contributed by atoms with Crippen molar-refractivity contribution >= 4 is 18.0 Å². The number of benzene rings is 2. The molecule has 0 aliphatic heterocycles. The Hall–Kier alpha value is -4.27. The first-order chi connectivity index (χ1) is 16.9. The third kappa shape index (κ3) is 5.81. The van der Waals surface area contributed by atoms with Crippen LogP contribution in [-0.4, -0.2) is 46.2 Å². The molecule has 1 heterocycles. The van der Waals surface area contributed by atoms with Crippen LogP contribution in [0.3, 0.4) is 0 Å². The van der Waals surface area contributed by atoms with Gasteiger partial charge in [-0.2, -0.15) is 0 Å². The SMILES string of the molecule is CC(CNC(=O)OCC1c2ccccc2-c2ccccc21)CC(=O)NCc1ncc(C(=O)O)cn1. The second kappa shape index (κ2) is 10.8. The minimum absolute atomic E-state index is 0.0110. The van der Waals surface area contributed by atoms with Crippen molar-refractivity contribution in [1.82, 2.24) is 20.6 Å². The number of carboxylic acid groups (broad SMARTS) is 1. The topological polar surface area (TPSA) is 131 Å². The number of carbonyl (C=O) groups is 3. The molecule has 1 atom stereocenters. The number of alkyl carbamates (subject to hydrolysis) is 1. The number of hydrogen-bond donors (Lipinski definition) is 3. The second-order valence-electron chi connectivity index (χ2n) is 8.49. The Balaban J connectivity index is 1.20. The van der Waals surface area contributed by atoms with Crippen molar-refractivity contribution in [3.63, 3.8) is 0 Å². The van der Waals surface area contributed by atoms with Gasteiger partial charge in [0.2, 0.25) is 5.91 Å². The number of carbonyl (C=O) groups excluding carboxylic acids is 2. The van der Waals surface area contributed by atoms with E-state index < -0.39 is 12.1 Å². The van der Waals surface area contributed by atoms with Crippen LogP contribution >= 0.6 is 0 Å². The smallest absolute Gasteiger partial charge is 0.407 e. The molecule has 3 aromatic rings. The van der Waals surface area contributed by atoms with E-state index in [9.17, 15) is 14.4 Å². The van der Waals surface area contributed by atoms with E-state index in [0.29, 0.717) is 5.82 Å². The average molecular weight is 475 g/mol. The lowest BCUT2D eigenvalue weighted by atomic mass is 9.98. The number of rotatable bonds is 9. The molecule has 0 bridgehead atoms. The molecule has 4 rings (SSSR count). The van der Waals surface area contributed by atoms with Gasteiger partial charge in [0.15, 0.2) is 0 Å². The number of nitrogens with one attached hydrogen (secondary N) is 2. The van der Waals surface area contributed by atoms with Crippen molar-refractivity contribution in [3.05, 3.63) is 83.4 Å². The van der Waals surface area contributed by atoms with Gasteiger partial charge >= 0.3 is 12.1 Å². The van der Waals surface area contributed by atoms with Gasteiger partial charge in [0.05, 0.1) is 12.1 Å². The summed E-state index contributed by atoms with van der Waals surface area (Å²) in [6.07, 6.45) is 2.05. The number of nitrogens with zero attached hydrogens (tertiary/aromatic N) is 2. The maximum absolute atomic E-state index is 12.3. The van der Waals surface area contributed by atoms with Gasteiger partial charge in [-0.15, -0.1) is 0 Å². The molecular weight excluding hydrogens is 448 g/mol. The van der Waals surface area contributed by atoms with Crippen molar-refractivity contribution in [2.45, 2.75) is 25.8 Å². The third-order valence-electron chi connectivity index (χ3n) is 5.87. The van der Waals surface area contributed by atoms with Gasteiger partial charge in [-0.1, -0.05) is 55.5 Å². The summed E-state index contributed by atoms with van der Waals surface area (Å²) in [7, 11) is 0. The molecule has 1 aliphatic carbocycles. The van der Waals surface area contributed by atoms with Crippen molar-refractivity contribution in [2.24, 2.45) is 5.92 Å². The number of aromatic nitrogens is 2. The molecule has 9 nitrogen and oxygen atoms in total. The normalized spacial score (nSPS) is 12.8. The molecule has 35 heavy (non-hydrogen) atoms. The number of hydrogen-bond acceptors (Lipinski definition) is 6. The highest BCUT2D eigenvalue weighted by molar-refractivity contribution is 5.86. The monoisotopic (exact) mass is 474 g/mol. The lowest BCUT2D eigenvalue weighted by molar-refractivity contribution is -0.122. The summed E-state index contributed by atoms with van der Waals surface area (Å²) in [5.74, 6) is -1.15. The predicted octanol–water partition coefficient (Wildman–Crippen LogP) is 3.36. The van der Waals surface area contributed by atoms with Gasteiger partial charge in [0, 0.05) is 31.3 Å². The lowest BCUT2D eigenvalue weighted by Crippen LogP contribution is -2.33. The van der Waals surface area contributed by atoms with Crippen molar-refractivity contribution in [2.75, 3.05) is 13.2 Å². The van der Waals surface area contributed by atoms with Crippen molar-refractivity contribution in [1.29, 1.82) is 0 Å². The Bertz CT molecular complexity index is 1180. The van der Waals surface area contributed by atoms with Crippen molar-refractivity contribution < 1.29 is 24.2 Å². The largest absolute Gasteiger partial charge is 0.478 e. The van der Waals surface area contributed by atoms with Crippen LogP contribution in [0.25, 0.3) is 11.1 Å². The summed E-state index contributed by atoms with van der Waals surface area (Å²) >= 11 is 0. The maximum atomic E-state index is 12.3. The van der Waals surface area contributed by atoms with Crippen LogP contribution in [0.4, 0.5) is 4.79 Å². The van der Waals surface area contributed by atoms with Gasteiger partial charge in [0.1, 0.15) is 12.4 Å². The standard InChI is InChI=1S/C26H26N4O5/c1-16(10-24(31)29-14-23-27-12-17(13-28-23)25(32)33)11-30-26(34)35-15-22-20-8-4-2-6-18(20)19-7-3-5-9-21(19)22/h2-9,12-13,16,22H,10-11,14-15H2,1H3,(H,29,31)(H,30,34)(H,32,33). The van der Waals surface area contributed by atoms with E-state index in [4.69, 9.17) is 9.84 Å². The van der Waals surface area contributed by atoms with Crippen LogP contribution in [-0.2, 0) is 16.1 Å². The van der Waals surface area contributed by atoms with Gasteiger partial charge < -0.3 is 20.5 Å². The summed E-state index contributed by atoms with van der Waals surface area (Å²) in [5.41, 5.74) is 4.61. The Labute approximate surface area is 202 Å². The summed E-state index contributed by atoms with van der Waals surface area (Å²) in [5, 5.41) is 14.3. The van der Waals surface area contributed by atoms with E-state index in [1.54, 1.807) is 0 Å². The zero-order chi connectivity index (χ0) is 24.8. The van der Waals surface area contributed by atoms with E-state index in [-0.39, 0.29) is 49.4 Å². The maximum Gasteiger partial charge on any atom is 0.407 e. The number of carboxylic acids is 1. The Morgan fingerprint density at radius 1 is 0.971 bits per heavy atom. The van der Waals surface area contributed by atoms with Crippen LogP contribution in [0.15, 0.2) is 60.9 Å². The fraction of sp³-hybridized carbons (Fsp3) is 0.269. The molecule has 9 heteroatoms. The molecule has 3 N–H and O–H groups in total. The highest BCUT2D eigenvalue weighted by Gasteiger charge is 2.29. The number of fused-ring (bicyclic) bond motifs is 3. The molecule has 2 aromatic carbocycles. The molecule has 0 saturated carbocycles. The lowest BCUT2D eigenvalue weighted by Gasteiger charge is -2.16. The van der Waals surface area contributed by atoms with E-state index in [0.717, 1.165) is 11.1 Å². The van der Waals surface area contributed by atoms with Crippen LogP contribution in [0, 0.1) is 5.92 Å². The molecule has 0 spiro atoms. The van der Waals surface area contributed by atoms with E-state index >= 15 is 0 Å². The zero-order valence-electron chi connectivity index (χ0n) is 19.2. The fourth-order valence-corrected chi connectivity index (χ4v) is 4.10. The highest BCUT2D eigenvalue weighted by atomic mass is 16.5. The molecule has 1 unspecified atom stereocenters. The summed E-state index contributed by atoms with van der Waals surface area (Å²) in [6, 6.07) is 16.3. The van der Waals surface area contributed by atoms with E-state index in [1.807, 2.05) is 31.2 Å². The van der Waals surface area contributed by atoms with Crippen LogP contribution in [0.5, 0.6) is 0 Å². The van der Waals surface area contributed by atoms with Crippen LogP contribution < -0.4 is 10.6 Å². The first-order valence-electron chi connectivity index (χ1n) is 11.3. The molecular formula is C26H26N4O5. The third-order valence-corrected chi connectivity index (χ3v) is 5.87. The molecule has 180 valence electrons. The summed E-state index contributed by atoms with van der Waals surface area (Å²) in [6.45, 7) is 2.45. The molecule has 0 saturated heterocycles. The second-order valence-corrected chi connectivity index (χ2v) is 8.49. The minimum Gasteiger partial charge on any atom is -0.478 e. The number of aromatic carboxylic acids is 1. The highest BCUT2D eigenvalue weighted by Crippen LogP contribution is 2.44. The van der Waals surface area contributed by atoms with Gasteiger partial charge in [-0.25, -0.2) is 19.6 Å². The molecule has 2 amide bonds. The average Bonchev–Trinajstić information content (AvgIpc) is 3.19. The molecule has 1 aromatic heterocycles. The Morgan fingerprint density at radius 3 is 2.17 bits per heavy atom. The number of amides is 2. The van der Waals surface area contributed by atoms with Gasteiger partial charge in [-0.05, 0) is 28.2 Å². The quantitative estimate of drug-likeness (QED) is 0.433. The zero-order valence-corrected chi connectivity index (χ0v) is 19.2. The minimum atomic E-state index is -1.11. The first kappa shape index (κ1) is 23.9. The van der Waals surface area contributed by atoms with E-state index in [1.165, 1.54) is 23.5 Å². The summed E-state index contributed by atoms with van der Waals surface area (Å²) in [4.78, 5) is 43.1. The Morgan fingerprint density at radius 2 is 1.57 bits per heavy atom. The van der Waals surface area contributed by atoms with Crippen LogP contribution in [0.1, 0.15) is 46.6 Å². The van der Waals surface area contributed by atoms with Gasteiger partial charge in [0.25, 0.3) is 0 Å². The van der Waals surface area contributed by atoms with Gasteiger partial charge in [-0.3, -0.25) is 4.79 Å². The molecule has 0 radical (unpaired) electrons. The Kier molecular flexibility index (Phi) is 7.35. The van der Waals surface area contributed by atoms with E-state index in [2.05, 4.69) is 44.9 Å². The molecule has 0 fully saturated rings. The molecule has 1 aliphatic rings. The van der Waals surface area contributed by atoms with Crippen LogP contribution in [0.2, 0.25) is 0 Å². The fourth-order valence-electron chi connectivity index (χ4n) is 4.10. The first-order valence-corrected chi connectivity index (χ1v) is 11.3. The predicted molar refractivity (Wildman–Crippen MR) is 128 cm³/mol. The van der Waals surface area contributed by atoms with Crippen molar-refractivity contribution in [3.8, 4) is 11.1 Å².